The molecule has 0 aliphatic carbocycles. The van der Waals surface area contributed by atoms with Gasteiger partial charge in [0.2, 0.25) is 0 Å². The third-order valence-corrected chi connectivity index (χ3v) is 4.65. The van der Waals surface area contributed by atoms with Crippen molar-refractivity contribution >= 4 is 11.8 Å². The van der Waals surface area contributed by atoms with Crippen LogP contribution in [0, 0.1) is 0 Å². The number of rotatable bonds is 7. The summed E-state index contributed by atoms with van der Waals surface area (Å²) in [6, 6.07) is 17.4. The summed E-state index contributed by atoms with van der Waals surface area (Å²) in [5, 5.41) is 3.10. The van der Waals surface area contributed by atoms with Crippen molar-refractivity contribution in [1.82, 2.24) is 10.2 Å². The van der Waals surface area contributed by atoms with Crippen molar-refractivity contribution in [3.63, 3.8) is 0 Å². The SMILES string of the molecule is NC(=O)COc1cccc(C(=O)NC2CCN(Cc3ccccc3)CC2)c1. The van der Waals surface area contributed by atoms with Gasteiger partial charge in [-0.15, -0.1) is 0 Å². The van der Waals surface area contributed by atoms with E-state index in [-0.39, 0.29) is 18.6 Å². The molecule has 2 aromatic carbocycles. The molecule has 1 aliphatic rings. The fourth-order valence-corrected chi connectivity index (χ4v) is 3.23. The van der Waals surface area contributed by atoms with Crippen LogP contribution in [-0.4, -0.2) is 42.5 Å². The zero-order valence-electron chi connectivity index (χ0n) is 15.3. The van der Waals surface area contributed by atoms with Crippen LogP contribution in [0.1, 0.15) is 28.8 Å². The van der Waals surface area contributed by atoms with Gasteiger partial charge in [0, 0.05) is 31.2 Å². The highest BCUT2D eigenvalue weighted by molar-refractivity contribution is 5.94. The number of likely N-dealkylation sites (tertiary alicyclic amines) is 1. The summed E-state index contributed by atoms with van der Waals surface area (Å²) >= 11 is 0. The first-order chi connectivity index (χ1) is 13.1. The van der Waals surface area contributed by atoms with Crippen molar-refractivity contribution in [3.05, 3.63) is 65.7 Å². The molecule has 2 aromatic rings. The number of hydrogen-bond donors (Lipinski definition) is 2. The highest BCUT2D eigenvalue weighted by Gasteiger charge is 2.21. The third kappa shape index (κ3) is 5.82. The number of carbonyl (C=O) groups is 2. The van der Waals surface area contributed by atoms with Crippen LogP contribution in [0.4, 0.5) is 0 Å². The van der Waals surface area contributed by atoms with Crippen LogP contribution in [0.15, 0.2) is 54.6 Å². The number of nitrogens with two attached hydrogens (primary N) is 1. The van der Waals surface area contributed by atoms with E-state index in [2.05, 4.69) is 34.5 Å². The van der Waals surface area contributed by atoms with Crippen molar-refractivity contribution < 1.29 is 14.3 Å². The van der Waals surface area contributed by atoms with Crippen LogP contribution < -0.4 is 15.8 Å². The average molecular weight is 367 g/mol. The van der Waals surface area contributed by atoms with Gasteiger partial charge in [0.25, 0.3) is 11.8 Å². The summed E-state index contributed by atoms with van der Waals surface area (Å²) in [6.45, 7) is 2.66. The highest BCUT2D eigenvalue weighted by atomic mass is 16.5. The van der Waals surface area contributed by atoms with Gasteiger partial charge < -0.3 is 15.8 Å². The molecule has 1 fully saturated rings. The van der Waals surface area contributed by atoms with E-state index in [9.17, 15) is 9.59 Å². The Kier molecular flexibility index (Phi) is 6.44. The number of amides is 2. The molecule has 1 heterocycles. The van der Waals surface area contributed by atoms with E-state index in [4.69, 9.17) is 10.5 Å². The quantitative estimate of drug-likeness (QED) is 0.783. The Morgan fingerprint density at radius 2 is 1.81 bits per heavy atom. The normalized spacial score (nSPS) is 15.3. The van der Waals surface area contributed by atoms with Crippen LogP contribution in [-0.2, 0) is 11.3 Å². The Hall–Kier alpha value is -2.86. The molecule has 6 heteroatoms. The Labute approximate surface area is 159 Å². The predicted octanol–water partition coefficient (Wildman–Crippen LogP) is 1.95. The largest absolute Gasteiger partial charge is 0.484 e. The average Bonchev–Trinajstić information content (AvgIpc) is 2.69. The zero-order valence-corrected chi connectivity index (χ0v) is 15.3. The second-order valence-electron chi connectivity index (χ2n) is 6.79. The van der Waals surface area contributed by atoms with Gasteiger partial charge >= 0.3 is 0 Å². The number of piperidine rings is 1. The lowest BCUT2D eigenvalue weighted by molar-refractivity contribution is -0.119. The topological polar surface area (TPSA) is 84.7 Å². The van der Waals surface area contributed by atoms with E-state index >= 15 is 0 Å². The van der Waals surface area contributed by atoms with Crippen molar-refractivity contribution in [3.8, 4) is 5.75 Å². The van der Waals surface area contributed by atoms with Crippen LogP contribution >= 0.6 is 0 Å². The molecule has 27 heavy (non-hydrogen) atoms. The molecule has 0 saturated carbocycles. The van der Waals surface area contributed by atoms with Crippen LogP contribution in [0.5, 0.6) is 5.75 Å². The molecule has 142 valence electrons. The van der Waals surface area contributed by atoms with Crippen LogP contribution in [0.3, 0.4) is 0 Å². The second kappa shape index (κ2) is 9.19. The van der Waals surface area contributed by atoms with Crippen molar-refractivity contribution in [2.75, 3.05) is 19.7 Å². The van der Waals surface area contributed by atoms with Gasteiger partial charge in [0.05, 0.1) is 0 Å². The van der Waals surface area contributed by atoms with E-state index in [0.29, 0.717) is 11.3 Å². The third-order valence-electron chi connectivity index (χ3n) is 4.65. The zero-order chi connectivity index (χ0) is 19.1. The molecule has 1 aliphatic heterocycles. The first kappa shape index (κ1) is 18.9. The molecule has 0 aromatic heterocycles. The van der Waals surface area contributed by atoms with Gasteiger partial charge in [-0.1, -0.05) is 36.4 Å². The van der Waals surface area contributed by atoms with Crippen molar-refractivity contribution in [1.29, 1.82) is 0 Å². The van der Waals surface area contributed by atoms with Crippen molar-refractivity contribution in [2.24, 2.45) is 5.73 Å². The summed E-state index contributed by atoms with van der Waals surface area (Å²) in [6.07, 6.45) is 1.85. The number of primary amides is 1. The summed E-state index contributed by atoms with van der Waals surface area (Å²) in [7, 11) is 0. The maximum Gasteiger partial charge on any atom is 0.255 e. The maximum absolute atomic E-state index is 12.5. The fraction of sp³-hybridized carbons (Fsp3) is 0.333. The summed E-state index contributed by atoms with van der Waals surface area (Å²) in [5.41, 5.74) is 6.90. The molecule has 0 unspecified atom stereocenters. The monoisotopic (exact) mass is 367 g/mol. The molecular weight excluding hydrogens is 342 g/mol. The van der Waals surface area contributed by atoms with E-state index in [1.54, 1.807) is 24.3 Å². The van der Waals surface area contributed by atoms with Crippen LogP contribution in [0.25, 0.3) is 0 Å². The molecule has 0 bridgehead atoms. The standard InChI is InChI=1S/C21H25N3O3/c22-20(25)15-27-19-8-4-7-17(13-19)21(26)23-18-9-11-24(12-10-18)14-16-5-2-1-3-6-16/h1-8,13,18H,9-12,14-15H2,(H2,22,25)(H,23,26). The summed E-state index contributed by atoms with van der Waals surface area (Å²) < 4.78 is 5.26. The molecule has 0 spiro atoms. The number of benzene rings is 2. The number of carbonyl (C=O) groups excluding carboxylic acids is 2. The Morgan fingerprint density at radius 3 is 2.52 bits per heavy atom. The fourth-order valence-electron chi connectivity index (χ4n) is 3.23. The number of nitrogens with zero attached hydrogens (tertiary/aromatic N) is 1. The van der Waals surface area contributed by atoms with E-state index in [1.807, 2.05) is 6.07 Å². The molecule has 0 atom stereocenters. The lowest BCUT2D eigenvalue weighted by Crippen LogP contribution is -2.44. The molecule has 3 rings (SSSR count). The van der Waals surface area contributed by atoms with E-state index in [1.165, 1.54) is 5.56 Å². The Balaban J connectivity index is 1.48. The van der Waals surface area contributed by atoms with Gasteiger partial charge in [-0.3, -0.25) is 14.5 Å². The lowest BCUT2D eigenvalue weighted by Gasteiger charge is -2.32. The molecule has 3 N–H and O–H groups in total. The first-order valence-corrected chi connectivity index (χ1v) is 9.18. The minimum Gasteiger partial charge on any atom is -0.484 e. The number of hydrogen-bond acceptors (Lipinski definition) is 4. The maximum atomic E-state index is 12.5. The lowest BCUT2D eigenvalue weighted by atomic mass is 10.0. The molecule has 2 amide bonds. The van der Waals surface area contributed by atoms with Gasteiger partial charge in [0.15, 0.2) is 6.61 Å². The van der Waals surface area contributed by atoms with Crippen molar-refractivity contribution in [2.45, 2.75) is 25.4 Å². The molecule has 1 saturated heterocycles. The minimum atomic E-state index is -0.549. The minimum absolute atomic E-state index is 0.124. The van der Waals surface area contributed by atoms with E-state index < -0.39 is 5.91 Å². The smallest absolute Gasteiger partial charge is 0.255 e. The predicted molar refractivity (Wildman–Crippen MR) is 103 cm³/mol. The molecule has 6 nitrogen and oxygen atoms in total. The molecule has 0 radical (unpaired) electrons. The summed E-state index contributed by atoms with van der Waals surface area (Å²) in [5.74, 6) is -0.215. The summed E-state index contributed by atoms with van der Waals surface area (Å²) in [4.78, 5) is 25.7. The molecular formula is C21H25N3O3. The van der Waals surface area contributed by atoms with Gasteiger partial charge in [-0.25, -0.2) is 0 Å². The number of nitrogens with one attached hydrogen (secondary N) is 1. The Bertz CT molecular complexity index is 771. The van der Waals surface area contributed by atoms with Gasteiger partial charge in [0.1, 0.15) is 5.75 Å². The first-order valence-electron chi connectivity index (χ1n) is 9.18. The van der Waals surface area contributed by atoms with Crippen LogP contribution in [0.2, 0.25) is 0 Å². The number of ether oxygens (including phenoxy) is 1. The second-order valence-corrected chi connectivity index (χ2v) is 6.79. The highest BCUT2D eigenvalue weighted by Crippen LogP contribution is 2.16. The van der Waals surface area contributed by atoms with Gasteiger partial charge in [-0.05, 0) is 36.6 Å². The van der Waals surface area contributed by atoms with Gasteiger partial charge in [-0.2, -0.15) is 0 Å². The Morgan fingerprint density at radius 1 is 1.07 bits per heavy atom. The van der Waals surface area contributed by atoms with E-state index in [0.717, 1.165) is 32.5 Å².